The first-order chi connectivity index (χ1) is 51.8. The minimum atomic E-state index is -0.351. The third-order valence-electron chi connectivity index (χ3n) is 22.2. The lowest BCUT2D eigenvalue weighted by Gasteiger charge is -2.39. The van der Waals surface area contributed by atoms with E-state index in [0.717, 1.165) is 90.6 Å². The van der Waals surface area contributed by atoms with Crippen LogP contribution in [0.15, 0.2) is 344 Å². The summed E-state index contributed by atoms with van der Waals surface area (Å²) in [6.07, 6.45) is 12.2. The summed E-state index contributed by atoms with van der Waals surface area (Å²) in [6, 6.07) is 121. The zero-order valence-electron chi connectivity index (χ0n) is 61.0. The highest BCUT2D eigenvalue weighted by atomic mass is 79.9. The van der Waals surface area contributed by atoms with Crippen LogP contribution in [0, 0.1) is 0 Å². The van der Waals surface area contributed by atoms with Crippen LogP contribution in [-0.2, 0) is 20.1 Å². The number of hydrogen-bond donors (Lipinski definition) is 0. The maximum Gasteiger partial charge on any atom is 0.494 e. The highest BCUT2D eigenvalue weighted by Gasteiger charge is 2.52. The van der Waals surface area contributed by atoms with Gasteiger partial charge in [-0.2, -0.15) is 0 Å². The molecule has 12 aromatic carbocycles. The zero-order valence-corrected chi connectivity index (χ0v) is 62.5. The number of halogens is 1. The molecule has 106 heavy (non-hydrogen) atoms. The van der Waals surface area contributed by atoms with Crippen LogP contribution in [0.2, 0.25) is 0 Å². The van der Waals surface area contributed by atoms with E-state index >= 15 is 0 Å². The molecular weight excluding hydrogens is 1360 g/mol. The first kappa shape index (κ1) is 70.9. The van der Waals surface area contributed by atoms with Crippen molar-refractivity contribution < 1.29 is 9.31 Å². The number of rotatable bonds is 14. The molecule has 8 heteroatoms. The second-order valence-corrected chi connectivity index (χ2v) is 30.3. The Hall–Kier alpha value is -10.7. The zero-order chi connectivity index (χ0) is 72.3. The molecule has 0 N–H and O–H groups in total. The van der Waals surface area contributed by atoms with E-state index in [-0.39, 0.29) is 29.2 Å². The summed E-state index contributed by atoms with van der Waals surface area (Å²) in [7, 11) is -0.347. The van der Waals surface area contributed by atoms with Crippen LogP contribution >= 0.6 is 15.9 Å². The molecule has 0 radical (unpaired) electrons. The van der Waals surface area contributed by atoms with Crippen LogP contribution < -0.4 is 5.46 Å². The minimum Gasteiger partial charge on any atom is -0.399 e. The van der Waals surface area contributed by atoms with E-state index in [1.54, 1.807) is 0 Å². The summed E-state index contributed by atoms with van der Waals surface area (Å²) in [5, 5.41) is 0. The van der Waals surface area contributed by atoms with Gasteiger partial charge >= 0.3 is 7.12 Å². The lowest BCUT2D eigenvalue weighted by Crippen LogP contribution is -2.41. The van der Waals surface area contributed by atoms with Crippen molar-refractivity contribution in [2.75, 3.05) is 0 Å². The fraction of sp³-hybridized carbons (Fsp3) is 0.184. The molecule has 2 aromatic heterocycles. The van der Waals surface area contributed by atoms with Crippen molar-refractivity contribution in [3.05, 3.63) is 366 Å². The van der Waals surface area contributed by atoms with Crippen LogP contribution in [0.3, 0.4) is 0 Å². The molecule has 14 aromatic rings. The Morgan fingerprint density at radius 3 is 0.783 bits per heavy atom. The average molecular weight is 1440 g/mol. The Kier molecular flexibility index (Phi) is 21.4. The summed E-state index contributed by atoms with van der Waals surface area (Å²) in [5.74, 6) is 1.48. The number of nitrogens with zero attached hydrogens (tertiary/aromatic N) is 4. The minimum absolute atomic E-state index is 0.0126. The summed E-state index contributed by atoms with van der Waals surface area (Å²) < 4.78 is 13.8. The molecule has 1 aliphatic heterocycles. The second kappa shape index (κ2) is 31.9. The van der Waals surface area contributed by atoms with Crippen LogP contribution in [0.1, 0.15) is 114 Å². The van der Waals surface area contributed by atoms with E-state index in [0.29, 0.717) is 0 Å². The summed E-state index contributed by atoms with van der Waals surface area (Å²) in [4.78, 5) is 20.1. The van der Waals surface area contributed by atoms with Gasteiger partial charge in [-0.1, -0.05) is 370 Å². The van der Waals surface area contributed by atoms with Crippen molar-refractivity contribution in [1.82, 2.24) is 19.9 Å². The van der Waals surface area contributed by atoms with E-state index in [9.17, 15) is 0 Å². The fourth-order valence-electron chi connectivity index (χ4n) is 15.5. The molecule has 3 fully saturated rings. The van der Waals surface area contributed by atoms with Crippen LogP contribution in [0.25, 0.3) is 101 Å². The van der Waals surface area contributed by atoms with Gasteiger partial charge in [-0.15, -0.1) is 0 Å². The molecule has 6 nitrogen and oxygen atoms in total. The SMILES string of the molecule is Brc1ccc(-c2ccccc2)cc1.CC1(C)OB(c2ccc(C3(c4ccc(-c5cc(-c6ccccc6)nc(-c6ccccc6)n5)cc4)CCCCC3)cc2)OC1(C)C.c1ccc(-c2ccc(-c3ccc(C4(c5ccc(-c6cc(-c7ccccc7)nc(-c7ccccc7)n6)cc5)CCCCC4)cc3)cc2)cc1. The van der Waals surface area contributed by atoms with Gasteiger partial charge in [0.15, 0.2) is 11.6 Å². The summed E-state index contributed by atoms with van der Waals surface area (Å²) in [6.45, 7) is 8.42. The highest BCUT2D eigenvalue weighted by molar-refractivity contribution is 9.10. The molecule has 0 amide bonds. The largest absolute Gasteiger partial charge is 0.494 e. The van der Waals surface area contributed by atoms with Gasteiger partial charge in [-0.3, -0.25) is 0 Å². The molecule has 2 saturated carbocycles. The summed E-state index contributed by atoms with van der Waals surface area (Å²) >= 11 is 3.42. The second-order valence-electron chi connectivity index (χ2n) is 29.4. The molecule has 3 aliphatic rings. The molecule has 0 unspecified atom stereocenters. The Balaban J connectivity index is 0.000000145. The lowest BCUT2D eigenvalue weighted by atomic mass is 9.64. The predicted octanol–water partition coefficient (Wildman–Crippen LogP) is 25.2. The summed E-state index contributed by atoms with van der Waals surface area (Å²) in [5.41, 5.74) is 23.6. The van der Waals surface area contributed by atoms with Gasteiger partial charge in [-0.25, -0.2) is 19.9 Å². The van der Waals surface area contributed by atoms with Gasteiger partial charge in [0.25, 0.3) is 0 Å². The topological polar surface area (TPSA) is 70.0 Å². The van der Waals surface area contributed by atoms with Gasteiger partial charge in [0.1, 0.15) is 0 Å². The van der Waals surface area contributed by atoms with Gasteiger partial charge in [0, 0.05) is 48.7 Å². The molecule has 0 atom stereocenters. The Bertz CT molecular complexity index is 5040. The molecular formula is C98H88BBrN4O2. The monoisotopic (exact) mass is 1440 g/mol. The Labute approximate surface area is 635 Å². The first-order valence-corrected chi connectivity index (χ1v) is 38.4. The number of hydrogen-bond acceptors (Lipinski definition) is 6. The first-order valence-electron chi connectivity index (χ1n) is 37.6. The van der Waals surface area contributed by atoms with Crippen molar-refractivity contribution in [1.29, 1.82) is 0 Å². The predicted molar refractivity (Wildman–Crippen MR) is 443 cm³/mol. The van der Waals surface area contributed by atoms with E-state index in [4.69, 9.17) is 29.2 Å². The van der Waals surface area contributed by atoms with Crippen LogP contribution in [0.5, 0.6) is 0 Å². The quantitative estimate of drug-likeness (QED) is 0.101. The maximum absolute atomic E-state index is 6.34. The van der Waals surface area contributed by atoms with E-state index < -0.39 is 0 Å². The molecule has 0 bridgehead atoms. The van der Waals surface area contributed by atoms with Crippen molar-refractivity contribution >= 4 is 28.5 Å². The van der Waals surface area contributed by atoms with Crippen molar-refractivity contribution in [3.63, 3.8) is 0 Å². The lowest BCUT2D eigenvalue weighted by molar-refractivity contribution is 0.00578. The van der Waals surface area contributed by atoms with Gasteiger partial charge in [0.2, 0.25) is 0 Å². The molecule has 2 aliphatic carbocycles. The van der Waals surface area contributed by atoms with Gasteiger partial charge in [-0.05, 0) is 139 Å². The van der Waals surface area contributed by atoms with Crippen molar-refractivity contribution in [3.8, 4) is 101 Å². The van der Waals surface area contributed by atoms with Gasteiger partial charge < -0.3 is 9.31 Å². The van der Waals surface area contributed by atoms with E-state index in [1.165, 1.54) is 107 Å². The molecule has 0 spiro atoms. The third kappa shape index (κ3) is 15.8. The third-order valence-corrected chi connectivity index (χ3v) is 22.8. The molecule has 17 rings (SSSR count). The van der Waals surface area contributed by atoms with Crippen LogP contribution in [-0.4, -0.2) is 38.3 Å². The smallest absolute Gasteiger partial charge is 0.399 e. The number of benzene rings is 12. The average Bonchev–Trinajstić information content (AvgIpc) is 1.59. The Morgan fingerprint density at radius 1 is 0.255 bits per heavy atom. The highest BCUT2D eigenvalue weighted by Crippen LogP contribution is 2.48. The number of aromatic nitrogens is 4. The van der Waals surface area contributed by atoms with E-state index in [2.05, 4.69) is 329 Å². The Morgan fingerprint density at radius 2 is 0.481 bits per heavy atom. The normalized spacial score (nSPS) is 15.4. The van der Waals surface area contributed by atoms with E-state index in [1.807, 2.05) is 54.6 Å². The van der Waals surface area contributed by atoms with Crippen LogP contribution in [0.4, 0.5) is 0 Å². The standard InChI is InChI=1S/C46H38N2.C40H41BN2O2.C12H9Br/c1-5-13-34(14-6-1)35-19-21-36(22-20-35)37-23-27-41(28-24-37)46(31-11-4-12-32-46)42-29-25-39(26-30-42)44-33-43(38-15-7-2-8-16-38)47-45(48-44)40-17-9-3-10-18-40;1-38(2)39(3,4)45-41(44-38)34-24-22-33(23-25-34)40(26-12-7-13-27-40)32-20-18-30(19-21-32)36-28-35(29-14-8-5-9-15-29)42-37(43-36)31-16-10-6-11-17-31;13-12-8-6-11(7-9-12)10-4-2-1-3-5-10/h1-3,5-10,13-30,33H,4,11-12,31-32H2;5-6,8-11,14-25,28H,7,12-13,26-27H2,1-4H3;1-9H. The van der Waals surface area contributed by atoms with Crippen molar-refractivity contribution in [2.24, 2.45) is 0 Å². The fourth-order valence-corrected chi connectivity index (χ4v) is 15.8. The maximum atomic E-state index is 6.34. The van der Waals surface area contributed by atoms with Gasteiger partial charge in [0.05, 0.1) is 34.0 Å². The molecule has 522 valence electrons. The van der Waals surface area contributed by atoms with Crippen molar-refractivity contribution in [2.45, 2.75) is 114 Å². The molecule has 3 heterocycles. The molecule has 1 saturated heterocycles.